The fourth-order valence-corrected chi connectivity index (χ4v) is 2.69. The van der Waals surface area contributed by atoms with Gasteiger partial charge < -0.3 is 5.32 Å². The van der Waals surface area contributed by atoms with Crippen molar-refractivity contribution in [2.75, 3.05) is 0 Å². The van der Waals surface area contributed by atoms with Gasteiger partial charge in [0.25, 0.3) is 0 Å². The highest BCUT2D eigenvalue weighted by Crippen LogP contribution is 2.34. The second-order valence-corrected chi connectivity index (χ2v) is 4.59. The molecule has 1 heteroatoms. The van der Waals surface area contributed by atoms with Gasteiger partial charge >= 0.3 is 0 Å². The number of benzene rings is 2. The van der Waals surface area contributed by atoms with Gasteiger partial charge in [0.1, 0.15) is 0 Å². The van der Waals surface area contributed by atoms with Crippen molar-refractivity contribution in [3.8, 4) is 11.1 Å². The van der Waals surface area contributed by atoms with E-state index >= 15 is 0 Å². The van der Waals surface area contributed by atoms with E-state index < -0.39 is 0 Å². The molecule has 0 saturated carbocycles. The van der Waals surface area contributed by atoms with Gasteiger partial charge in [-0.1, -0.05) is 55.5 Å². The van der Waals surface area contributed by atoms with Crippen LogP contribution in [-0.4, -0.2) is 0 Å². The second-order valence-electron chi connectivity index (χ2n) is 4.59. The Morgan fingerprint density at radius 1 is 1.00 bits per heavy atom. The van der Waals surface area contributed by atoms with Gasteiger partial charge in [-0.3, -0.25) is 0 Å². The molecule has 0 amide bonds. The number of hydrogen-bond donors (Lipinski definition) is 1. The molecule has 1 heterocycles. The quantitative estimate of drug-likeness (QED) is 0.773. The van der Waals surface area contributed by atoms with Gasteiger partial charge in [-0.25, -0.2) is 0 Å². The molecule has 1 nitrogen and oxygen atoms in total. The van der Waals surface area contributed by atoms with Gasteiger partial charge in [-0.2, -0.15) is 0 Å². The van der Waals surface area contributed by atoms with Gasteiger partial charge in [0.15, 0.2) is 0 Å². The normalized spacial score (nSPS) is 18.1. The molecule has 0 aliphatic carbocycles. The molecule has 0 bridgehead atoms. The molecule has 0 fully saturated rings. The first-order valence-electron chi connectivity index (χ1n) is 6.30. The van der Waals surface area contributed by atoms with Crippen molar-refractivity contribution in [3.05, 3.63) is 59.7 Å². The Balaban J connectivity index is 2.23. The van der Waals surface area contributed by atoms with Crippen LogP contribution in [0.1, 0.15) is 30.5 Å². The Morgan fingerprint density at radius 3 is 2.53 bits per heavy atom. The SMILES string of the molecule is CCC1NCc2ccccc2-c2ccccc21. The molecule has 0 aromatic heterocycles. The predicted molar refractivity (Wildman–Crippen MR) is 71.7 cm³/mol. The molecule has 86 valence electrons. The highest BCUT2D eigenvalue weighted by Gasteiger charge is 2.19. The number of hydrogen-bond acceptors (Lipinski definition) is 1. The molecule has 17 heavy (non-hydrogen) atoms. The summed E-state index contributed by atoms with van der Waals surface area (Å²) in [7, 11) is 0. The summed E-state index contributed by atoms with van der Waals surface area (Å²) in [5.41, 5.74) is 5.60. The van der Waals surface area contributed by atoms with E-state index in [1.807, 2.05) is 0 Å². The highest BCUT2D eigenvalue weighted by atomic mass is 14.9. The molecule has 2 aromatic carbocycles. The van der Waals surface area contributed by atoms with Crippen LogP contribution in [0, 0.1) is 0 Å². The lowest BCUT2D eigenvalue weighted by molar-refractivity contribution is 0.525. The van der Waals surface area contributed by atoms with Crippen molar-refractivity contribution in [2.24, 2.45) is 0 Å². The third kappa shape index (κ3) is 1.77. The van der Waals surface area contributed by atoms with Crippen LogP contribution in [0.25, 0.3) is 11.1 Å². The maximum Gasteiger partial charge on any atom is 0.0326 e. The Kier molecular flexibility index (Phi) is 2.69. The number of fused-ring (bicyclic) bond motifs is 3. The molecule has 1 aliphatic rings. The summed E-state index contributed by atoms with van der Waals surface area (Å²) in [6, 6.07) is 17.9. The maximum absolute atomic E-state index is 3.64. The Labute approximate surface area is 102 Å². The fourth-order valence-electron chi connectivity index (χ4n) is 2.69. The van der Waals surface area contributed by atoms with Crippen molar-refractivity contribution in [1.29, 1.82) is 0 Å². The first kappa shape index (κ1) is 10.5. The maximum atomic E-state index is 3.64. The zero-order valence-corrected chi connectivity index (χ0v) is 10.1. The number of rotatable bonds is 1. The van der Waals surface area contributed by atoms with E-state index in [0.29, 0.717) is 6.04 Å². The fraction of sp³-hybridized carbons (Fsp3) is 0.250. The average molecular weight is 223 g/mol. The van der Waals surface area contributed by atoms with E-state index in [2.05, 4.69) is 60.8 Å². The number of nitrogens with one attached hydrogen (secondary N) is 1. The molecule has 1 N–H and O–H groups in total. The molecule has 2 aromatic rings. The van der Waals surface area contributed by atoms with Crippen LogP contribution in [0.3, 0.4) is 0 Å². The lowest BCUT2D eigenvalue weighted by atomic mass is 9.93. The zero-order valence-electron chi connectivity index (χ0n) is 10.1. The standard InChI is InChI=1S/C16H17N/c1-2-16-15-10-6-5-9-14(15)13-8-4-3-7-12(13)11-17-16/h3-10,16-17H,2,11H2,1H3. The van der Waals surface area contributed by atoms with Gasteiger partial charge in [-0.15, -0.1) is 0 Å². The Hall–Kier alpha value is -1.60. The molecule has 0 radical (unpaired) electrons. The largest absolute Gasteiger partial charge is 0.306 e. The third-order valence-corrected chi connectivity index (χ3v) is 3.59. The Bertz CT molecular complexity index is 531. The summed E-state index contributed by atoms with van der Waals surface area (Å²) < 4.78 is 0. The summed E-state index contributed by atoms with van der Waals surface area (Å²) in [6.07, 6.45) is 1.13. The van der Waals surface area contributed by atoms with Crippen LogP contribution < -0.4 is 5.32 Å². The Morgan fingerprint density at radius 2 is 1.71 bits per heavy atom. The third-order valence-electron chi connectivity index (χ3n) is 3.59. The summed E-state index contributed by atoms with van der Waals surface area (Å²) in [5.74, 6) is 0. The lowest BCUT2D eigenvalue weighted by Gasteiger charge is -2.16. The second kappa shape index (κ2) is 4.34. The molecular weight excluding hydrogens is 206 g/mol. The van der Waals surface area contributed by atoms with Crippen LogP contribution in [0.4, 0.5) is 0 Å². The first-order valence-corrected chi connectivity index (χ1v) is 6.30. The van der Waals surface area contributed by atoms with Crippen molar-refractivity contribution in [1.82, 2.24) is 5.32 Å². The topological polar surface area (TPSA) is 12.0 Å². The summed E-state index contributed by atoms with van der Waals surface area (Å²) in [5, 5.41) is 3.64. The predicted octanol–water partition coefficient (Wildman–Crippen LogP) is 3.91. The van der Waals surface area contributed by atoms with E-state index in [-0.39, 0.29) is 0 Å². The molecule has 0 saturated heterocycles. The monoisotopic (exact) mass is 223 g/mol. The van der Waals surface area contributed by atoms with Crippen LogP contribution in [0.5, 0.6) is 0 Å². The summed E-state index contributed by atoms with van der Waals surface area (Å²) in [4.78, 5) is 0. The summed E-state index contributed by atoms with van der Waals surface area (Å²) >= 11 is 0. The molecule has 1 aliphatic heterocycles. The lowest BCUT2D eigenvalue weighted by Crippen LogP contribution is -2.18. The van der Waals surface area contributed by atoms with Crippen molar-refractivity contribution >= 4 is 0 Å². The van der Waals surface area contributed by atoms with Gasteiger partial charge in [0.2, 0.25) is 0 Å². The van der Waals surface area contributed by atoms with Gasteiger partial charge in [0, 0.05) is 12.6 Å². The van der Waals surface area contributed by atoms with Crippen LogP contribution in [0.15, 0.2) is 48.5 Å². The molecule has 1 atom stereocenters. The zero-order chi connectivity index (χ0) is 11.7. The molecular formula is C16H17N. The van der Waals surface area contributed by atoms with Gasteiger partial charge in [-0.05, 0) is 28.7 Å². The smallest absolute Gasteiger partial charge is 0.0326 e. The molecule has 1 unspecified atom stereocenters. The molecule has 3 rings (SSSR count). The average Bonchev–Trinajstić information content (AvgIpc) is 2.56. The van der Waals surface area contributed by atoms with E-state index in [1.54, 1.807) is 0 Å². The van der Waals surface area contributed by atoms with E-state index in [1.165, 1.54) is 22.3 Å². The van der Waals surface area contributed by atoms with Crippen molar-refractivity contribution in [2.45, 2.75) is 25.9 Å². The van der Waals surface area contributed by atoms with Crippen LogP contribution in [0.2, 0.25) is 0 Å². The van der Waals surface area contributed by atoms with Crippen LogP contribution >= 0.6 is 0 Å². The van der Waals surface area contributed by atoms with E-state index in [9.17, 15) is 0 Å². The minimum atomic E-state index is 0.471. The van der Waals surface area contributed by atoms with Gasteiger partial charge in [0.05, 0.1) is 0 Å². The van der Waals surface area contributed by atoms with Crippen LogP contribution in [-0.2, 0) is 6.54 Å². The minimum Gasteiger partial charge on any atom is -0.306 e. The van der Waals surface area contributed by atoms with E-state index in [4.69, 9.17) is 0 Å². The summed E-state index contributed by atoms with van der Waals surface area (Å²) in [6.45, 7) is 3.20. The van der Waals surface area contributed by atoms with Crippen molar-refractivity contribution in [3.63, 3.8) is 0 Å². The molecule has 0 spiro atoms. The van der Waals surface area contributed by atoms with E-state index in [0.717, 1.165) is 13.0 Å². The van der Waals surface area contributed by atoms with Crippen molar-refractivity contribution < 1.29 is 0 Å². The highest BCUT2D eigenvalue weighted by molar-refractivity contribution is 5.72. The first-order chi connectivity index (χ1) is 8.40. The minimum absolute atomic E-state index is 0.471.